The van der Waals surface area contributed by atoms with Gasteiger partial charge in [0.1, 0.15) is 0 Å². The molecule has 1 aliphatic heterocycles. The van der Waals surface area contributed by atoms with Crippen molar-refractivity contribution < 1.29 is 18.7 Å². The Hall–Kier alpha value is -2.13. The minimum Gasteiger partial charge on any atom is -0.454 e. The number of aromatic nitrogens is 2. The quantitative estimate of drug-likeness (QED) is 0.417. The first-order chi connectivity index (χ1) is 13.5. The van der Waals surface area contributed by atoms with Crippen molar-refractivity contribution in [3.63, 3.8) is 0 Å². The lowest BCUT2D eigenvalue weighted by molar-refractivity contribution is -0.113. The Balaban J connectivity index is 1.38. The zero-order valence-corrected chi connectivity index (χ0v) is 17.0. The van der Waals surface area contributed by atoms with Gasteiger partial charge in [-0.3, -0.25) is 4.79 Å². The molecule has 1 amide bonds. The highest BCUT2D eigenvalue weighted by Gasteiger charge is 2.17. The summed E-state index contributed by atoms with van der Waals surface area (Å²) in [5.74, 6) is 1.32. The predicted octanol–water partition coefficient (Wildman–Crippen LogP) is 5.16. The fourth-order valence-corrected chi connectivity index (χ4v) is 3.50. The topological polar surface area (TPSA) is 86.5 Å². The van der Waals surface area contributed by atoms with Crippen LogP contribution in [0.3, 0.4) is 0 Å². The van der Waals surface area contributed by atoms with Crippen molar-refractivity contribution in [2.75, 3.05) is 17.9 Å². The van der Waals surface area contributed by atoms with E-state index in [0.717, 1.165) is 11.8 Å². The van der Waals surface area contributed by atoms with Crippen LogP contribution < -0.4 is 14.8 Å². The van der Waals surface area contributed by atoms with Gasteiger partial charge in [-0.15, -0.1) is 10.2 Å². The van der Waals surface area contributed by atoms with Crippen molar-refractivity contribution in [2.24, 2.45) is 0 Å². The SMILES string of the molecule is O=C(CSc1nnc(-c2ccc3c(c2)OCO3)o1)Nc1cc(Cl)c(Cl)cc1Cl. The molecule has 0 radical (unpaired) electrons. The van der Waals surface area contributed by atoms with E-state index in [2.05, 4.69) is 15.5 Å². The Morgan fingerprint density at radius 3 is 2.68 bits per heavy atom. The summed E-state index contributed by atoms with van der Waals surface area (Å²) in [4.78, 5) is 12.2. The number of carbonyl (C=O) groups excluding carboxylic acids is 1. The summed E-state index contributed by atoms with van der Waals surface area (Å²) in [6.45, 7) is 0.182. The summed E-state index contributed by atoms with van der Waals surface area (Å²) in [6.07, 6.45) is 0. The Kier molecular flexibility index (Phi) is 5.54. The van der Waals surface area contributed by atoms with Crippen molar-refractivity contribution in [2.45, 2.75) is 5.22 Å². The predicted molar refractivity (Wildman–Crippen MR) is 107 cm³/mol. The normalized spacial score (nSPS) is 12.2. The van der Waals surface area contributed by atoms with Gasteiger partial charge < -0.3 is 19.2 Å². The average molecular weight is 459 g/mol. The number of thioether (sulfide) groups is 1. The Morgan fingerprint density at radius 1 is 1.04 bits per heavy atom. The maximum absolute atomic E-state index is 12.2. The van der Waals surface area contributed by atoms with Crippen LogP contribution >= 0.6 is 46.6 Å². The lowest BCUT2D eigenvalue weighted by atomic mass is 10.2. The molecule has 7 nitrogen and oxygen atoms in total. The molecule has 4 rings (SSSR count). The third-order valence-corrected chi connectivity index (χ3v) is 5.49. The van der Waals surface area contributed by atoms with Crippen LogP contribution in [0.1, 0.15) is 0 Å². The molecule has 0 spiro atoms. The largest absolute Gasteiger partial charge is 0.454 e. The van der Waals surface area contributed by atoms with Gasteiger partial charge in [0, 0.05) is 5.56 Å². The second-order valence-corrected chi connectivity index (χ2v) is 7.67. The molecule has 2 aromatic carbocycles. The van der Waals surface area contributed by atoms with Crippen molar-refractivity contribution in [3.8, 4) is 23.0 Å². The smallest absolute Gasteiger partial charge is 0.277 e. The van der Waals surface area contributed by atoms with E-state index in [4.69, 9.17) is 48.7 Å². The van der Waals surface area contributed by atoms with Crippen LogP contribution in [0.5, 0.6) is 11.5 Å². The van der Waals surface area contributed by atoms with Crippen molar-refractivity contribution in [1.82, 2.24) is 10.2 Å². The van der Waals surface area contributed by atoms with Gasteiger partial charge in [-0.1, -0.05) is 46.6 Å². The molecule has 2 heterocycles. The number of nitrogens with zero attached hydrogens (tertiary/aromatic N) is 2. The number of benzene rings is 2. The maximum Gasteiger partial charge on any atom is 0.277 e. The van der Waals surface area contributed by atoms with Gasteiger partial charge in [-0.2, -0.15) is 0 Å². The van der Waals surface area contributed by atoms with Crippen LogP contribution in [0, 0.1) is 0 Å². The lowest BCUT2D eigenvalue weighted by Gasteiger charge is -2.07. The second-order valence-electron chi connectivity index (χ2n) is 5.52. The number of carbonyl (C=O) groups is 1. The molecule has 3 aromatic rings. The summed E-state index contributed by atoms with van der Waals surface area (Å²) < 4.78 is 16.2. The van der Waals surface area contributed by atoms with E-state index < -0.39 is 0 Å². The standard InChI is InChI=1S/C17H10Cl3N3O4S/c18-9-4-11(20)12(5-10(9)19)21-15(24)6-28-17-23-22-16(27-17)8-1-2-13-14(3-8)26-7-25-13/h1-5H,6-7H2,(H,21,24). The highest BCUT2D eigenvalue weighted by molar-refractivity contribution is 7.99. The van der Waals surface area contributed by atoms with Crippen LogP contribution in [0.2, 0.25) is 15.1 Å². The van der Waals surface area contributed by atoms with Gasteiger partial charge >= 0.3 is 0 Å². The molecule has 1 aromatic heterocycles. The minimum absolute atomic E-state index is 0.0410. The lowest BCUT2D eigenvalue weighted by Crippen LogP contribution is -2.14. The van der Waals surface area contributed by atoms with Crippen LogP contribution in [-0.4, -0.2) is 28.7 Å². The molecular weight excluding hydrogens is 449 g/mol. The summed E-state index contributed by atoms with van der Waals surface area (Å²) >= 11 is 19.0. The number of nitrogens with one attached hydrogen (secondary N) is 1. The van der Waals surface area contributed by atoms with Crippen molar-refractivity contribution >= 4 is 58.2 Å². The molecule has 0 fully saturated rings. The van der Waals surface area contributed by atoms with E-state index >= 15 is 0 Å². The van der Waals surface area contributed by atoms with E-state index in [0.29, 0.717) is 38.7 Å². The van der Waals surface area contributed by atoms with E-state index in [-0.39, 0.29) is 28.7 Å². The van der Waals surface area contributed by atoms with Gasteiger partial charge in [-0.25, -0.2) is 0 Å². The summed E-state index contributed by atoms with van der Waals surface area (Å²) in [5.41, 5.74) is 1.06. The van der Waals surface area contributed by atoms with Crippen molar-refractivity contribution in [1.29, 1.82) is 0 Å². The molecule has 1 N–H and O–H groups in total. The van der Waals surface area contributed by atoms with Crippen LogP contribution in [0.4, 0.5) is 5.69 Å². The number of fused-ring (bicyclic) bond motifs is 1. The number of amides is 1. The number of anilines is 1. The number of halogens is 3. The second kappa shape index (κ2) is 8.08. The molecule has 28 heavy (non-hydrogen) atoms. The van der Waals surface area contributed by atoms with Gasteiger partial charge in [0.2, 0.25) is 18.6 Å². The van der Waals surface area contributed by atoms with Gasteiger partial charge in [0.05, 0.1) is 26.5 Å². The number of ether oxygens (including phenoxy) is 2. The number of hydrogen-bond acceptors (Lipinski definition) is 7. The minimum atomic E-state index is -0.312. The Morgan fingerprint density at radius 2 is 1.82 bits per heavy atom. The highest BCUT2D eigenvalue weighted by Crippen LogP contribution is 2.36. The fraction of sp³-hybridized carbons (Fsp3) is 0.118. The van der Waals surface area contributed by atoms with E-state index in [1.807, 2.05) is 0 Å². The Labute approximate surface area is 178 Å². The molecule has 0 aliphatic carbocycles. The van der Waals surface area contributed by atoms with Crippen LogP contribution in [-0.2, 0) is 4.79 Å². The first-order valence-corrected chi connectivity index (χ1v) is 9.92. The molecule has 11 heteroatoms. The third kappa shape index (κ3) is 4.15. The molecule has 0 saturated heterocycles. The molecule has 0 bridgehead atoms. The molecule has 0 saturated carbocycles. The molecule has 1 aliphatic rings. The zero-order chi connectivity index (χ0) is 19.7. The Bertz CT molecular complexity index is 1060. The maximum atomic E-state index is 12.2. The van der Waals surface area contributed by atoms with E-state index in [1.165, 1.54) is 12.1 Å². The zero-order valence-electron chi connectivity index (χ0n) is 13.9. The van der Waals surface area contributed by atoms with E-state index in [9.17, 15) is 4.79 Å². The van der Waals surface area contributed by atoms with Gasteiger partial charge in [0.15, 0.2) is 11.5 Å². The third-order valence-electron chi connectivity index (χ3n) is 3.64. The van der Waals surface area contributed by atoms with Crippen LogP contribution in [0.25, 0.3) is 11.5 Å². The molecule has 0 unspecified atom stereocenters. The number of hydrogen-bond donors (Lipinski definition) is 1. The average Bonchev–Trinajstić information content (AvgIpc) is 3.33. The van der Waals surface area contributed by atoms with Gasteiger partial charge in [0.25, 0.3) is 5.22 Å². The highest BCUT2D eigenvalue weighted by atomic mass is 35.5. The fourth-order valence-electron chi connectivity index (χ4n) is 2.35. The van der Waals surface area contributed by atoms with Crippen molar-refractivity contribution in [3.05, 3.63) is 45.4 Å². The summed E-state index contributed by atoms with van der Waals surface area (Å²) in [5, 5.41) is 11.7. The summed E-state index contributed by atoms with van der Waals surface area (Å²) in [7, 11) is 0. The molecule has 0 atom stereocenters. The monoisotopic (exact) mass is 457 g/mol. The number of rotatable bonds is 5. The van der Waals surface area contributed by atoms with Gasteiger partial charge in [-0.05, 0) is 30.3 Å². The molecular formula is C17H10Cl3N3O4S. The van der Waals surface area contributed by atoms with E-state index in [1.54, 1.807) is 18.2 Å². The summed E-state index contributed by atoms with van der Waals surface area (Å²) in [6, 6.07) is 8.25. The first-order valence-electron chi connectivity index (χ1n) is 7.80. The molecule has 144 valence electrons. The first kappa shape index (κ1) is 19.2. The van der Waals surface area contributed by atoms with Crippen LogP contribution in [0.15, 0.2) is 40.0 Å².